The first-order valence-electron chi connectivity index (χ1n) is 10.2. The van der Waals surface area contributed by atoms with E-state index in [0.717, 1.165) is 24.2 Å². The number of hydrogen-bond acceptors (Lipinski definition) is 6. The molecule has 0 aromatic carbocycles. The van der Waals surface area contributed by atoms with Crippen molar-refractivity contribution in [3.8, 4) is 0 Å². The third-order valence-corrected chi connectivity index (χ3v) is 6.84. The minimum atomic E-state index is -0.874. The van der Waals surface area contributed by atoms with Gasteiger partial charge in [-0.05, 0) is 34.7 Å². The highest BCUT2D eigenvalue weighted by Gasteiger charge is 2.57. The number of pyridine rings is 2. The van der Waals surface area contributed by atoms with E-state index in [1.54, 1.807) is 23.7 Å². The van der Waals surface area contributed by atoms with Crippen LogP contribution in [0.1, 0.15) is 21.9 Å². The van der Waals surface area contributed by atoms with Gasteiger partial charge in [-0.1, -0.05) is 18.2 Å². The van der Waals surface area contributed by atoms with E-state index in [1.165, 1.54) is 4.88 Å². The Bertz CT molecular complexity index is 983. The molecule has 0 radical (unpaired) electrons. The monoisotopic (exact) mass is 420 g/mol. The molecule has 3 aromatic heterocycles. The van der Waals surface area contributed by atoms with Gasteiger partial charge in [-0.2, -0.15) is 0 Å². The molecule has 6 nitrogen and oxygen atoms in total. The molecule has 2 atom stereocenters. The second-order valence-electron chi connectivity index (χ2n) is 7.91. The van der Waals surface area contributed by atoms with Crippen LogP contribution in [-0.2, 0) is 22.6 Å². The maximum atomic E-state index is 13.8. The molecule has 5 heterocycles. The Morgan fingerprint density at radius 1 is 1.10 bits per heavy atom. The molecule has 5 rings (SSSR count). The fourth-order valence-electron chi connectivity index (χ4n) is 4.61. The third kappa shape index (κ3) is 3.64. The van der Waals surface area contributed by atoms with E-state index in [0.29, 0.717) is 26.2 Å². The van der Waals surface area contributed by atoms with Gasteiger partial charge >= 0.3 is 0 Å². The van der Waals surface area contributed by atoms with Crippen molar-refractivity contribution in [2.24, 2.45) is 0 Å². The molecule has 2 aliphatic heterocycles. The summed E-state index contributed by atoms with van der Waals surface area (Å²) in [4.78, 5) is 27.9. The van der Waals surface area contributed by atoms with Gasteiger partial charge in [0.25, 0.3) is 5.91 Å². The van der Waals surface area contributed by atoms with E-state index in [-0.39, 0.29) is 11.8 Å². The Morgan fingerprint density at radius 2 is 1.97 bits per heavy atom. The topological polar surface area (TPSA) is 58.6 Å². The first-order valence-corrected chi connectivity index (χ1v) is 11.1. The lowest BCUT2D eigenvalue weighted by Gasteiger charge is -2.42. The summed E-state index contributed by atoms with van der Waals surface area (Å²) in [7, 11) is 0. The van der Waals surface area contributed by atoms with Crippen molar-refractivity contribution in [2.45, 2.75) is 24.6 Å². The molecule has 0 aliphatic carbocycles. The van der Waals surface area contributed by atoms with Crippen molar-refractivity contribution in [3.05, 3.63) is 82.6 Å². The number of amides is 1. The number of carbonyl (C=O) groups excluding carboxylic acids is 1. The van der Waals surface area contributed by atoms with Gasteiger partial charge in [0.15, 0.2) is 5.60 Å². The van der Waals surface area contributed by atoms with Crippen LogP contribution in [0.25, 0.3) is 0 Å². The molecule has 0 unspecified atom stereocenters. The molecule has 7 heteroatoms. The standard InChI is InChI=1S/C23H24N4O2S/c28-22-23(29-10-9-27(22)14-18-4-1-7-24-12-18)17-26(15-20-6-3-11-30-20)16-21(23)19-5-2-8-25-13-19/h1-8,11-13,21H,9-10,14-17H2/t21-,23-/m1/s1. The largest absolute Gasteiger partial charge is 0.361 e. The van der Waals surface area contributed by atoms with Crippen molar-refractivity contribution in [2.75, 3.05) is 26.2 Å². The first-order chi connectivity index (χ1) is 14.7. The highest BCUT2D eigenvalue weighted by atomic mass is 32.1. The summed E-state index contributed by atoms with van der Waals surface area (Å²) < 4.78 is 6.35. The van der Waals surface area contributed by atoms with Crippen molar-refractivity contribution in [1.29, 1.82) is 0 Å². The quantitative estimate of drug-likeness (QED) is 0.635. The molecule has 0 N–H and O–H groups in total. The van der Waals surface area contributed by atoms with Crippen LogP contribution >= 0.6 is 11.3 Å². The fraction of sp³-hybridized carbons (Fsp3) is 0.348. The zero-order valence-corrected chi connectivity index (χ0v) is 17.5. The third-order valence-electron chi connectivity index (χ3n) is 5.97. The highest BCUT2D eigenvalue weighted by molar-refractivity contribution is 7.09. The number of rotatable bonds is 5. The molecule has 0 bridgehead atoms. The second-order valence-corrected chi connectivity index (χ2v) is 8.95. The number of morpholine rings is 1. The summed E-state index contributed by atoms with van der Waals surface area (Å²) in [6.45, 7) is 3.89. The number of likely N-dealkylation sites (tertiary alicyclic amines) is 1. The van der Waals surface area contributed by atoms with Gasteiger partial charge in [0.1, 0.15) is 0 Å². The summed E-state index contributed by atoms with van der Waals surface area (Å²) in [6.07, 6.45) is 7.22. The number of ether oxygens (including phenoxy) is 1. The Balaban J connectivity index is 1.45. The maximum absolute atomic E-state index is 13.8. The Labute approximate surface area is 180 Å². The summed E-state index contributed by atoms with van der Waals surface area (Å²) in [5, 5.41) is 2.09. The lowest BCUT2D eigenvalue weighted by atomic mass is 9.83. The van der Waals surface area contributed by atoms with Crippen LogP contribution < -0.4 is 0 Å². The number of thiophene rings is 1. The Morgan fingerprint density at radius 3 is 2.70 bits per heavy atom. The minimum absolute atomic E-state index is 0.0460. The van der Waals surface area contributed by atoms with Gasteiger partial charge in [0, 0.05) is 68.3 Å². The number of carbonyl (C=O) groups is 1. The van der Waals surface area contributed by atoms with Crippen molar-refractivity contribution >= 4 is 17.2 Å². The number of nitrogens with zero attached hydrogens (tertiary/aromatic N) is 4. The summed E-state index contributed by atoms with van der Waals surface area (Å²) in [5.74, 6) is 0.0236. The maximum Gasteiger partial charge on any atom is 0.257 e. The van der Waals surface area contributed by atoms with E-state index in [9.17, 15) is 4.79 Å². The molecular formula is C23H24N4O2S. The molecule has 154 valence electrons. The molecule has 2 saturated heterocycles. The van der Waals surface area contributed by atoms with E-state index < -0.39 is 5.60 Å². The summed E-state index contributed by atoms with van der Waals surface area (Å²) >= 11 is 1.75. The predicted molar refractivity (Wildman–Crippen MR) is 115 cm³/mol. The van der Waals surface area contributed by atoms with Crippen molar-refractivity contribution in [1.82, 2.24) is 19.8 Å². The fourth-order valence-corrected chi connectivity index (χ4v) is 5.35. The van der Waals surface area contributed by atoms with Crippen LogP contribution in [0, 0.1) is 0 Å². The molecule has 30 heavy (non-hydrogen) atoms. The van der Waals surface area contributed by atoms with E-state index in [2.05, 4.69) is 38.4 Å². The van der Waals surface area contributed by atoms with Gasteiger partial charge in [0.05, 0.1) is 6.61 Å². The van der Waals surface area contributed by atoms with E-state index in [1.807, 2.05) is 35.5 Å². The molecule has 2 fully saturated rings. The molecular weight excluding hydrogens is 396 g/mol. The summed E-state index contributed by atoms with van der Waals surface area (Å²) in [5.41, 5.74) is 1.22. The Hall–Kier alpha value is -2.61. The number of hydrogen-bond donors (Lipinski definition) is 0. The molecule has 3 aromatic rings. The summed E-state index contributed by atoms with van der Waals surface area (Å²) in [6, 6.07) is 12.1. The number of aromatic nitrogens is 2. The van der Waals surface area contributed by atoms with Crippen LogP contribution in [0.5, 0.6) is 0 Å². The van der Waals surface area contributed by atoms with Crippen LogP contribution in [0.2, 0.25) is 0 Å². The van der Waals surface area contributed by atoms with Gasteiger partial charge in [-0.25, -0.2) is 0 Å². The van der Waals surface area contributed by atoms with Gasteiger partial charge in [0.2, 0.25) is 0 Å². The normalized spacial score (nSPS) is 24.6. The zero-order valence-electron chi connectivity index (χ0n) is 16.7. The SMILES string of the molecule is O=C1N(Cc2cccnc2)CCO[C@@]12CN(Cc1cccs1)C[C@@H]2c1cccnc1. The average Bonchev–Trinajstić information content (AvgIpc) is 3.42. The van der Waals surface area contributed by atoms with Gasteiger partial charge < -0.3 is 9.64 Å². The predicted octanol–water partition coefficient (Wildman–Crippen LogP) is 2.94. The smallest absolute Gasteiger partial charge is 0.257 e. The zero-order chi connectivity index (χ0) is 20.4. The molecule has 1 amide bonds. The highest BCUT2D eigenvalue weighted by Crippen LogP contribution is 2.42. The molecule has 2 aliphatic rings. The molecule has 1 spiro atoms. The van der Waals surface area contributed by atoms with Crippen LogP contribution in [-0.4, -0.2) is 57.5 Å². The van der Waals surface area contributed by atoms with E-state index in [4.69, 9.17) is 4.74 Å². The second kappa shape index (κ2) is 8.26. The molecule has 0 saturated carbocycles. The lowest BCUT2D eigenvalue weighted by Crippen LogP contribution is -2.59. The van der Waals surface area contributed by atoms with Crippen LogP contribution in [0.3, 0.4) is 0 Å². The van der Waals surface area contributed by atoms with Crippen LogP contribution in [0.4, 0.5) is 0 Å². The van der Waals surface area contributed by atoms with Crippen molar-refractivity contribution < 1.29 is 9.53 Å². The van der Waals surface area contributed by atoms with E-state index >= 15 is 0 Å². The average molecular weight is 421 g/mol. The lowest BCUT2D eigenvalue weighted by molar-refractivity contribution is -0.173. The first kappa shape index (κ1) is 19.4. The Kier molecular flexibility index (Phi) is 5.33. The van der Waals surface area contributed by atoms with Crippen molar-refractivity contribution in [3.63, 3.8) is 0 Å². The minimum Gasteiger partial charge on any atom is -0.361 e. The van der Waals surface area contributed by atoms with Crippen LogP contribution in [0.15, 0.2) is 66.6 Å². The van der Waals surface area contributed by atoms with Gasteiger partial charge in [-0.3, -0.25) is 19.7 Å². The van der Waals surface area contributed by atoms with Gasteiger partial charge in [-0.15, -0.1) is 11.3 Å².